The highest BCUT2D eigenvalue weighted by atomic mass is 79.9. The predicted octanol–water partition coefficient (Wildman–Crippen LogP) is 2.44. The number of carboxylic acids is 1. The van der Waals surface area contributed by atoms with Crippen molar-refractivity contribution in [1.29, 1.82) is 0 Å². The number of carbonyl (C=O) groups is 1. The van der Waals surface area contributed by atoms with E-state index in [9.17, 15) is 9.18 Å². The molecule has 0 spiro atoms. The molecule has 1 aromatic carbocycles. The first-order valence-electron chi connectivity index (χ1n) is 3.89. The molecular formula is C9H8BrFO3. The molecule has 0 saturated heterocycles. The minimum atomic E-state index is -0.928. The molecule has 0 unspecified atom stereocenters. The molecule has 0 aromatic heterocycles. The van der Waals surface area contributed by atoms with Crippen LogP contribution in [0.4, 0.5) is 4.39 Å². The fourth-order valence-corrected chi connectivity index (χ4v) is 1.31. The normalized spacial score (nSPS) is 9.86. The molecule has 0 aliphatic carbocycles. The molecule has 0 amide bonds. The van der Waals surface area contributed by atoms with Crippen LogP contribution in [0.1, 0.15) is 6.42 Å². The molecule has 0 bridgehead atoms. The Kier molecular flexibility index (Phi) is 3.88. The van der Waals surface area contributed by atoms with Gasteiger partial charge in [0.2, 0.25) is 0 Å². The summed E-state index contributed by atoms with van der Waals surface area (Å²) in [5.74, 6) is -0.863. The first-order valence-corrected chi connectivity index (χ1v) is 4.68. The van der Waals surface area contributed by atoms with E-state index in [1.165, 1.54) is 18.2 Å². The molecule has 0 aliphatic heterocycles. The highest BCUT2D eigenvalue weighted by molar-refractivity contribution is 9.10. The summed E-state index contributed by atoms with van der Waals surface area (Å²) in [6.07, 6.45) is -0.0795. The van der Waals surface area contributed by atoms with Gasteiger partial charge in [0.25, 0.3) is 0 Å². The van der Waals surface area contributed by atoms with Crippen LogP contribution in [0.3, 0.4) is 0 Å². The second kappa shape index (κ2) is 4.95. The van der Waals surface area contributed by atoms with Crippen molar-refractivity contribution >= 4 is 21.9 Å². The number of hydrogen-bond donors (Lipinski definition) is 1. The largest absolute Gasteiger partial charge is 0.492 e. The summed E-state index contributed by atoms with van der Waals surface area (Å²) >= 11 is 3.10. The number of rotatable bonds is 4. The van der Waals surface area contributed by atoms with E-state index in [1.807, 2.05) is 0 Å². The summed E-state index contributed by atoms with van der Waals surface area (Å²) < 4.78 is 18.2. The maximum atomic E-state index is 12.6. The van der Waals surface area contributed by atoms with Crippen LogP contribution in [-0.4, -0.2) is 17.7 Å². The summed E-state index contributed by atoms with van der Waals surface area (Å²) in [4.78, 5) is 10.2. The molecule has 0 radical (unpaired) electrons. The van der Waals surface area contributed by atoms with Gasteiger partial charge in [-0.1, -0.05) is 0 Å². The molecule has 0 aliphatic rings. The van der Waals surface area contributed by atoms with E-state index in [1.54, 1.807) is 0 Å². The van der Waals surface area contributed by atoms with Crippen molar-refractivity contribution in [3.05, 3.63) is 28.5 Å². The van der Waals surface area contributed by atoms with Gasteiger partial charge in [-0.25, -0.2) is 4.39 Å². The number of hydrogen-bond acceptors (Lipinski definition) is 2. The minimum Gasteiger partial charge on any atom is -0.492 e. The Bertz CT molecular complexity index is 341. The van der Waals surface area contributed by atoms with E-state index in [0.29, 0.717) is 10.2 Å². The SMILES string of the molecule is O=C(O)CCOc1ccc(F)cc1Br. The van der Waals surface area contributed by atoms with Crippen molar-refractivity contribution in [1.82, 2.24) is 0 Å². The topological polar surface area (TPSA) is 46.5 Å². The highest BCUT2D eigenvalue weighted by Crippen LogP contribution is 2.25. The summed E-state index contributed by atoms with van der Waals surface area (Å²) in [6, 6.07) is 3.96. The highest BCUT2D eigenvalue weighted by Gasteiger charge is 2.03. The minimum absolute atomic E-state index is 0.0690. The average Bonchev–Trinajstić information content (AvgIpc) is 2.08. The van der Waals surface area contributed by atoms with Crippen molar-refractivity contribution in [2.75, 3.05) is 6.61 Å². The lowest BCUT2D eigenvalue weighted by Crippen LogP contribution is -2.05. The Morgan fingerprint density at radius 3 is 2.86 bits per heavy atom. The predicted molar refractivity (Wildman–Crippen MR) is 51.8 cm³/mol. The quantitative estimate of drug-likeness (QED) is 0.907. The standard InChI is InChI=1S/C9H8BrFO3/c10-7-5-6(11)1-2-8(7)14-4-3-9(12)13/h1-2,5H,3-4H2,(H,12,13). The van der Waals surface area contributed by atoms with E-state index >= 15 is 0 Å². The van der Waals surface area contributed by atoms with E-state index < -0.39 is 5.97 Å². The van der Waals surface area contributed by atoms with Gasteiger partial charge in [-0.05, 0) is 34.1 Å². The van der Waals surface area contributed by atoms with Gasteiger partial charge in [0.15, 0.2) is 0 Å². The lowest BCUT2D eigenvalue weighted by molar-refractivity contribution is -0.137. The number of ether oxygens (including phenoxy) is 1. The van der Waals surface area contributed by atoms with Crippen LogP contribution in [0.25, 0.3) is 0 Å². The van der Waals surface area contributed by atoms with Crippen LogP contribution in [0.5, 0.6) is 5.75 Å². The molecular weight excluding hydrogens is 255 g/mol. The summed E-state index contributed by atoms with van der Waals surface area (Å²) in [5, 5.41) is 8.35. The third kappa shape index (κ3) is 3.33. The Morgan fingerprint density at radius 2 is 2.29 bits per heavy atom. The molecule has 0 fully saturated rings. The fraction of sp³-hybridized carbons (Fsp3) is 0.222. The molecule has 0 heterocycles. The zero-order chi connectivity index (χ0) is 10.6. The van der Waals surface area contributed by atoms with Crippen molar-refractivity contribution in [3.63, 3.8) is 0 Å². The van der Waals surface area contributed by atoms with E-state index in [-0.39, 0.29) is 18.8 Å². The van der Waals surface area contributed by atoms with Crippen molar-refractivity contribution < 1.29 is 19.0 Å². The molecule has 1 rings (SSSR count). The molecule has 1 N–H and O–H groups in total. The molecule has 0 saturated carbocycles. The van der Waals surface area contributed by atoms with Crippen molar-refractivity contribution in [3.8, 4) is 5.75 Å². The van der Waals surface area contributed by atoms with Gasteiger partial charge in [0.05, 0.1) is 17.5 Å². The van der Waals surface area contributed by atoms with Crippen LogP contribution >= 0.6 is 15.9 Å². The monoisotopic (exact) mass is 262 g/mol. The lowest BCUT2D eigenvalue weighted by atomic mass is 10.3. The zero-order valence-corrected chi connectivity index (χ0v) is 8.75. The fourth-order valence-electron chi connectivity index (χ4n) is 0.841. The third-order valence-electron chi connectivity index (χ3n) is 1.47. The van der Waals surface area contributed by atoms with Gasteiger partial charge in [-0.3, -0.25) is 4.79 Å². The van der Waals surface area contributed by atoms with Crippen LogP contribution < -0.4 is 4.74 Å². The van der Waals surface area contributed by atoms with Gasteiger partial charge >= 0.3 is 5.97 Å². The van der Waals surface area contributed by atoms with Gasteiger partial charge in [0, 0.05) is 0 Å². The Labute approximate surface area is 88.6 Å². The Balaban J connectivity index is 2.55. The van der Waals surface area contributed by atoms with E-state index in [0.717, 1.165) is 0 Å². The van der Waals surface area contributed by atoms with Gasteiger partial charge in [0.1, 0.15) is 11.6 Å². The molecule has 14 heavy (non-hydrogen) atoms. The Morgan fingerprint density at radius 1 is 1.57 bits per heavy atom. The number of carboxylic acid groups (broad SMARTS) is 1. The number of halogens is 2. The first-order chi connectivity index (χ1) is 6.59. The molecule has 0 atom stereocenters. The van der Waals surface area contributed by atoms with Crippen LogP contribution in [0.2, 0.25) is 0 Å². The maximum Gasteiger partial charge on any atom is 0.306 e. The smallest absolute Gasteiger partial charge is 0.306 e. The molecule has 5 heteroatoms. The lowest BCUT2D eigenvalue weighted by Gasteiger charge is -2.06. The summed E-state index contributed by atoms with van der Waals surface area (Å²) in [6.45, 7) is 0.0690. The zero-order valence-electron chi connectivity index (χ0n) is 7.17. The molecule has 1 aromatic rings. The van der Waals surface area contributed by atoms with E-state index in [2.05, 4.69) is 15.9 Å². The second-order valence-corrected chi connectivity index (χ2v) is 3.42. The number of benzene rings is 1. The van der Waals surface area contributed by atoms with Gasteiger partial charge in [-0.2, -0.15) is 0 Å². The maximum absolute atomic E-state index is 12.6. The summed E-state index contributed by atoms with van der Waals surface area (Å²) in [7, 11) is 0. The van der Waals surface area contributed by atoms with E-state index in [4.69, 9.17) is 9.84 Å². The van der Waals surface area contributed by atoms with Crippen LogP contribution in [0, 0.1) is 5.82 Å². The third-order valence-corrected chi connectivity index (χ3v) is 2.09. The van der Waals surface area contributed by atoms with Gasteiger partial charge < -0.3 is 9.84 Å². The van der Waals surface area contributed by atoms with Crippen molar-refractivity contribution in [2.45, 2.75) is 6.42 Å². The average molecular weight is 263 g/mol. The first kappa shape index (κ1) is 11.0. The van der Waals surface area contributed by atoms with Crippen LogP contribution in [-0.2, 0) is 4.79 Å². The van der Waals surface area contributed by atoms with Gasteiger partial charge in [-0.15, -0.1) is 0 Å². The second-order valence-electron chi connectivity index (χ2n) is 2.57. The summed E-state index contributed by atoms with van der Waals surface area (Å²) in [5.41, 5.74) is 0. The van der Waals surface area contributed by atoms with Crippen LogP contribution in [0.15, 0.2) is 22.7 Å². The van der Waals surface area contributed by atoms with Crippen molar-refractivity contribution in [2.24, 2.45) is 0 Å². The molecule has 76 valence electrons. The Hall–Kier alpha value is -1.10. The number of aliphatic carboxylic acids is 1. The molecule has 3 nitrogen and oxygen atoms in total.